The fourth-order valence-corrected chi connectivity index (χ4v) is 2.70. The largest absolute Gasteiger partial charge is 0.376 e. The molecule has 0 amide bonds. The first-order chi connectivity index (χ1) is 9.11. The van der Waals surface area contributed by atoms with Gasteiger partial charge in [0.1, 0.15) is 5.69 Å². The maximum Gasteiger partial charge on any atom is 0.293 e. The molecule has 1 fully saturated rings. The van der Waals surface area contributed by atoms with E-state index < -0.39 is 0 Å². The van der Waals surface area contributed by atoms with Crippen molar-refractivity contribution in [2.45, 2.75) is 38.3 Å². The van der Waals surface area contributed by atoms with Crippen molar-refractivity contribution in [1.82, 2.24) is 0 Å². The van der Waals surface area contributed by atoms with Crippen LogP contribution in [0.5, 0.6) is 0 Å². The van der Waals surface area contributed by atoms with Crippen LogP contribution < -0.4 is 5.32 Å². The molecule has 1 aromatic carbocycles. The Hall–Kier alpha value is -1.14. The van der Waals surface area contributed by atoms with Crippen LogP contribution in [0, 0.1) is 10.1 Å². The predicted octanol–water partition coefficient (Wildman–Crippen LogP) is 3.73. The van der Waals surface area contributed by atoms with E-state index in [2.05, 4.69) is 28.2 Å². The van der Waals surface area contributed by atoms with Crippen LogP contribution in [0.3, 0.4) is 0 Å². The fourth-order valence-electron chi connectivity index (χ4n) is 2.36. The van der Waals surface area contributed by atoms with Gasteiger partial charge in [0.05, 0.1) is 17.1 Å². The van der Waals surface area contributed by atoms with Gasteiger partial charge >= 0.3 is 0 Å². The van der Waals surface area contributed by atoms with Crippen LogP contribution in [0.1, 0.15) is 26.2 Å². The monoisotopic (exact) mass is 328 g/mol. The van der Waals surface area contributed by atoms with E-state index in [1.807, 2.05) is 0 Å². The van der Waals surface area contributed by atoms with Crippen LogP contribution in [-0.4, -0.2) is 23.7 Å². The van der Waals surface area contributed by atoms with Crippen LogP contribution in [0.2, 0.25) is 0 Å². The molecule has 0 aromatic heterocycles. The first kappa shape index (κ1) is 14.3. The number of ether oxygens (including phenoxy) is 1. The highest BCUT2D eigenvalue weighted by molar-refractivity contribution is 9.10. The number of nitrogens with zero attached hydrogens (tertiary/aromatic N) is 1. The number of hydrogen-bond donors (Lipinski definition) is 1. The molecule has 0 bridgehead atoms. The van der Waals surface area contributed by atoms with Crippen molar-refractivity contribution >= 4 is 27.3 Å². The third-order valence-electron chi connectivity index (χ3n) is 3.35. The van der Waals surface area contributed by atoms with Gasteiger partial charge in [-0.25, -0.2) is 0 Å². The van der Waals surface area contributed by atoms with E-state index in [0.29, 0.717) is 10.2 Å². The maximum absolute atomic E-state index is 11.1. The first-order valence-corrected chi connectivity index (χ1v) is 7.23. The lowest BCUT2D eigenvalue weighted by atomic mass is 10.0. The van der Waals surface area contributed by atoms with Crippen LogP contribution in [-0.2, 0) is 4.74 Å². The molecule has 1 N–H and O–H groups in total. The molecule has 1 saturated heterocycles. The van der Waals surface area contributed by atoms with E-state index in [1.165, 1.54) is 6.07 Å². The summed E-state index contributed by atoms with van der Waals surface area (Å²) < 4.78 is 6.36. The number of nitrogens with one attached hydrogen (secondary N) is 1. The molecule has 2 atom stereocenters. The second-order valence-electron chi connectivity index (χ2n) is 4.63. The van der Waals surface area contributed by atoms with Gasteiger partial charge in [0.15, 0.2) is 0 Å². The maximum atomic E-state index is 11.1. The summed E-state index contributed by atoms with van der Waals surface area (Å²) in [5.74, 6) is 0. The van der Waals surface area contributed by atoms with Crippen molar-refractivity contribution < 1.29 is 9.66 Å². The Morgan fingerprint density at radius 2 is 2.42 bits per heavy atom. The Morgan fingerprint density at radius 3 is 3.00 bits per heavy atom. The van der Waals surface area contributed by atoms with Crippen LogP contribution >= 0.6 is 15.9 Å². The zero-order valence-electron chi connectivity index (χ0n) is 10.8. The highest BCUT2D eigenvalue weighted by Gasteiger charge is 2.26. The second-order valence-corrected chi connectivity index (χ2v) is 5.54. The van der Waals surface area contributed by atoms with Crippen molar-refractivity contribution in [3.05, 3.63) is 32.8 Å². The Kier molecular flexibility index (Phi) is 4.76. The molecule has 0 aliphatic carbocycles. The molecule has 1 heterocycles. The van der Waals surface area contributed by atoms with Gasteiger partial charge in [-0.1, -0.05) is 22.9 Å². The molecule has 0 saturated carbocycles. The third kappa shape index (κ3) is 3.45. The fraction of sp³-hybridized carbons (Fsp3) is 0.538. The summed E-state index contributed by atoms with van der Waals surface area (Å²) in [5.41, 5.74) is 0.640. The molecule has 5 nitrogen and oxygen atoms in total. The number of hydrogen-bond acceptors (Lipinski definition) is 4. The quantitative estimate of drug-likeness (QED) is 0.660. The molecule has 2 unspecified atom stereocenters. The summed E-state index contributed by atoms with van der Waals surface area (Å²) in [6.45, 7) is 2.84. The topological polar surface area (TPSA) is 64.4 Å². The lowest BCUT2D eigenvalue weighted by Gasteiger charge is -2.23. The van der Waals surface area contributed by atoms with Crippen molar-refractivity contribution in [1.29, 1.82) is 0 Å². The minimum atomic E-state index is -0.366. The number of nitro benzene ring substituents is 1. The molecule has 1 aliphatic rings. The molecule has 0 spiro atoms. The molecule has 6 heteroatoms. The molecular weight excluding hydrogens is 312 g/mol. The van der Waals surface area contributed by atoms with Crippen LogP contribution in [0.4, 0.5) is 11.4 Å². The van der Waals surface area contributed by atoms with Crippen molar-refractivity contribution in [2.24, 2.45) is 0 Å². The van der Waals surface area contributed by atoms with Crippen LogP contribution in [0.25, 0.3) is 0 Å². The zero-order valence-corrected chi connectivity index (χ0v) is 12.4. The Morgan fingerprint density at radius 1 is 1.63 bits per heavy atom. The second kappa shape index (κ2) is 6.34. The molecular formula is C13H17BrN2O3. The minimum absolute atomic E-state index is 0.0887. The van der Waals surface area contributed by atoms with Gasteiger partial charge in [0.2, 0.25) is 0 Å². The Labute approximate surface area is 120 Å². The Bertz CT molecular complexity index is 461. The minimum Gasteiger partial charge on any atom is -0.376 e. The van der Waals surface area contributed by atoms with E-state index in [4.69, 9.17) is 4.74 Å². The highest BCUT2D eigenvalue weighted by Crippen LogP contribution is 2.30. The summed E-state index contributed by atoms with van der Waals surface area (Å²) in [7, 11) is 0. The molecule has 1 aromatic rings. The predicted molar refractivity (Wildman–Crippen MR) is 77.5 cm³/mol. The third-order valence-corrected chi connectivity index (χ3v) is 3.84. The van der Waals surface area contributed by atoms with Gasteiger partial charge in [-0.3, -0.25) is 10.1 Å². The molecule has 0 radical (unpaired) electrons. The first-order valence-electron chi connectivity index (χ1n) is 6.44. The smallest absolute Gasteiger partial charge is 0.293 e. The summed E-state index contributed by atoms with van der Waals surface area (Å²) >= 11 is 3.26. The van der Waals surface area contributed by atoms with Crippen molar-refractivity contribution in [3.63, 3.8) is 0 Å². The van der Waals surface area contributed by atoms with Gasteiger partial charge < -0.3 is 10.1 Å². The number of nitro groups is 1. The van der Waals surface area contributed by atoms with Crippen molar-refractivity contribution in [2.75, 3.05) is 11.9 Å². The summed E-state index contributed by atoms with van der Waals surface area (Å²) in [4.78, 5) is 10.7. The standard InChI is InChI=1S/C13H17BrN2O3/c1-2-10(13-4-3-7-19-13)15-11-6-5-9(14)8-12(11)16(17)18/h5-6,8,10,13,15H,2-4,7H2,1H3. The molecule has 2 rings (SSSR count). The van der Waals surface area contributed by atoms with Gasteiger partial charge in [-0.2, -0.15) is 0 Å². The number of halogens is 1. The van der Waals surface area contributed by atoms with E-state index >= 15 is 0 Å². The number of benzene rings is 1. The SMILES string of the molecule is CCC(Nc1ccc(Br)cc1[N+](=O)[O-])C1CCCO1. The molecule has 1 aliphatic heterocycles. The normalized spacial score (nSPS) is 20.2. The van der Waals surface area contributed by atoms with Gasteiger partial charge in [0.25, 0.3) is 5.69 Å². The number of rotatable bonds is 5. The van der Waals surface area contributed by atoms with E-state index in [9.17, 15) is 10.1 Å². The van der Waals surface area contributed by atoms with E-state index in [-0.39, 0.29) is 22.8 Å². The van der Waals surface area contributed by atoms with Crippen LogP contribution in [0.15, 0.2) is 22.7 Å². The van der Waals surface area contributed by atoms with Gasteiger partial charge in [-0.05, 0) is 31.4 Å². The van der Waals surface area contributed by atoms with Crippen molar-refractivity contribution in [3.8, 4) is 0 Å². The molecule has 104 valence electrons. The lowest BCUT2D eigenvalue weighted by molar-refractivity contribution is -0.384. The Balaban J connectivity index is 2.18. The number of anilines is 1. The summed E-state index contributed by atoms with van der Waals surface area (Å²) in [6, 6.07) is 5.17. The van der Waals surface area contributed by atoms with E-state index in [1.54, 1.807) is 12.1 Å². The van der Waals surface area contributed by atoms with Gasteiger partial charge in [-0.15, -0.1) is 0 Å². The average Bonchev–Trinajstić information content (AvgIpc) is 2.90. The van der Waals surface area contributed by atoms with Gasteiger partial charge in [0, 0.05) is 17.1 Å². The molecule has 19 heavy (non-hydrogen) atoms. The zero-order chi connectivity index (χ0) is 13.8. The average molecular weight is 329 g/mol. The lowest BCUT2D eigenvalue weighted by Crippen LogP contribution is -2.32. The highest BCUT2D eigenvalue weighted by atomic mass is 79.9. The summed E-state index contributed by atoms with van der Waals surface area (Å²) in [5, 5.41) is 14.3. The van der Waals surface area contributed by atoms with E-state index in [0.717, 1.165) is 25.9 Å². The summed E-state index contributed by atoms with van der Waals surface area (Å²) in [6.07, 6.45) is 3.09.